The Bertz CT molecular complexity index is 1340. The maximum atomic E-state index is 13.4. The maximum Gasteiger partial charge on any atom is 0.257 e. The number of aromatic nitrogens is 1. The predicted molar refractivity (Wildman–Crippen MR) is 126 cm³/mol. The molecule has 0 unspecified atom stereocenters. The Morgan fingerprint density at radius 1 is 0.969 bits per heavy atom. The van der Waals surface area contributed by atoms with Crippen LogP contribution in [0.15, 0.2) is 72.8 Å². The molecule has 0 radical (unpaired) electrons. The fraction of sp³-hybridized carbons (Fsp3) is 0.222. The molecule has 1 atom stereocenters. The quantitative estimate of drug-likeness (QED) is 0.473. The first-order valence-electron chi connectivity index (χ1n) is 11.0. The third kappa shape index (κ3) is 2.67. The van der Waals surface area contributed by atoms with E-state index in [0.717, 1.165) is 36.5 Å². The molecule has 1 aromatic heterocycles. The molecule has 5 heteroatoms. The SMILES string of the molecule is COc1ccc(Cn2c3c(c4ccccc42)CCN2C(=O)c4ccccc4N(C)[C@H]32)cc1. The third-order valence-corrected chi connectivity index (χ3v) is 6.90. The minimum absolute atomic E-state index is 0.119. The molecule has 0 aliphatic carbocycles. The molecule has 32 heavy (non-hydrogen) atoms. The fourth-order valence-corrected chi connectivity index (χ4v) is 5.39. The Kier molecular flexibility index (Phi) is 4.25. The first kappa shape index (κ1) is 19.0. The highest BCUT2D eigenvalue weighted by Gasteiger charge is 2.42. The fourth-order valence-electron chi connectivity index (χ4n) is 5.39. The van der Waals surface area contributed by atoms with Crippen LogP contribution >= 0.6 is 0 Å². The molecule has 0 saturated carbocycles. The summed E-state index contributed by atoms with van der Waals surface area (Å²) in [5, 5.41) is 1.29. The van der Waals surface area contributed by atoms with Crippen molar-refractivity contribution in [3.8, 4) is 5.75 Å². The Morgan fingerprint density at radius 3 is 2.53 bits per heavy atom. The van der Waals surface area contributed by atoms with Crippen LogP contribution in [0, 0.1) is 0 Å². The molecule has 5 nitrogen and oxygen atoms in total. The van der Waals surface area contributed by atoms with Crippen LogP contribution in [0.4, 0.5) is 5.69 Å². The third-order valence-electron chi connectivity index (χ3n) is 6.90. The number of amides is 1. The van der Waals surface area contributed by atoms with Gasteiger partial charge in [-0.15, -0.1) is 0 Å². The van der Waals surface area contributed by atoms with Crippen molar-refractivity contribution < 1.29 is 9.53 Å². The predicted octanol–water partition coefficient (Wildman–Crippen LogP) is 4.85. The van der Waals surface area contributed by atoms with E-state index < -0.39 is 0 Å². The largest absolute Gasteiger partial charge is 0.497 e. The second-order valence-electron chi connectivity index (χ2n) is 8.57. The molecule has 0 fully saturated rings. The summed E-state index contributed by atoms with van der Waals surface area (Å²) < 4.78 is 7.74. The van der Waals surface area contributed by atoms with Gasteiger partial charge in [-0.25, -0.2) is 0 Å². The van der Waals surface area contributed by atoms with Crippen LogP contribution in [-0.4, -0.2) is 36.1 Å². The normalized spacial score (nSPS) is 17.2. The van der Waals surface area contributed by atoms with Crippen molar-refractivity contribution in [3.63, 3.8) is 0 Å². The van der Waals surface area contributed by atoms with E-state index in [2.05, 4.69) is 59.0 Å². The van der Waals surface area contributed by atoms with Crippen molar-refractivity contribution in [1.82, 2.24) is 9.47 Å². The molecule has 0 spiro atoms. The molecule has 3 heterocycles. The number of benzene rings is 3. The molecule has 4 aromatic rings. The van der Waals surface area contributed by atoms with Crippen LogP contribution in [0.3, 0.4) is 0 Å². The lowest BCUT2D eigenvalue weighted by Gasteiger charge is -2.46. The van der Waals surface area contributed by atoms with Gasteiger partial charge < -0.3 is 19.1 Å². The zero-order valence-corrected chi connectivity index (χ0v) is 18.3. The van der Waals surface area contributed by atoms with Gasteiger partial charge in [-0.05, 0) is 47.9 Å². The highest BCUT2D eigenvalue weighted by atomic mass is 16.5. The maximum absolute atomic E-state index is 13.4. The average Bonchev–Trinajstić information content (AvgIpc) is 3.16. The zero-order valence-electron chi connectivity index (χ0n) is 18.3. The van der Waals surface area contributed by atoms with E-state index in [-0.39, 0.29) is 12.1 Å². The van der Waals surface area contributed by atoms with Gasteiger partial charge in [0.05, 0.1) is 24.1 Å². The van der Waals surface area contributed by atoms with Crippen LogP contribution in [-0.2, 0) is 13.0 Å². The van der Waals surface area contributed by atoms with Crippen LogP contribution in [0.1, 0.15) is 33.3 Å². The van der Waals surface area contributed by atoms with Gasteiger partial charge in [0, 0.05) is 31.0 Å². The van der Waals surface area contributed by atoms with E-state index in [1.165, 1.54) is 27.7 Å². The lowest BCUT2D eigenvalue weighted by molar-refractivity contribution is 0.0630. The molecule has 3 aromatic carbocycles. The molecule has 2 aliphatic rings. The highest BCUT2D eigenvalue weighted by molar-refractivity contribution is 6.02. The molecule has 0 N–H and O–H groups in total. The van der Waals surface area contributed by atoms with E-state index in [1.807, 2.05) is 35.2 Å². The number of carbonyl (C=O) groups excluding carboxylic acids is 1. The molecule has 6 rings (SSSR count). The monoisotopic (exact) mass is 423 g/mol. The van der Waals surface area contributed by atoms with Crippen LogP contribution in [0.2, 0.25) is 0 Å². The number of fused-ring (bicyclic) bond motifs is 6. The van der Waals surface area contributed by atoms with E-state index in [1.54, 1.807) is 7.11 Å². The Morgan fingerprint density at radius 2 is 1.72 bits per heavy atom. The van der Waals surface area contributed by atoms with Gasteiger partial charge in [0.2, 0.25) is 0 Å². The molecular formula is C27H25N3O2. The molecule has 2 aliphatic heterocycles. The van der Waals surface area contributed by atoms with E-state index in [0.29, 0.717) is 0 Å². The Labute approximate surface area is 187 Å². The Balaban J connectivity index is 1.54. The number of rotatable bonds is 3. The van der Waals surface area contributed by atoms with Crippen molar-refractivity contribution in [1.29, 1.82) is 0 Å². The van der Waals surface area contributed by atoms with Crippen LogP contribution < -0.4 is 9.64 Å². The summed E-state index contributed by atoms with van der Waals surface area (Å²) in [6.45, 7) is 1.47. The smallest absolute Gasteiger partial charge is 0.257 e. The minimum Gasteiger partial charge on any atom is -0.497 e. The number of para-hydroxylation sites is 2. The van der Waals surface area contributed by atoms with Gasteiger partial charge in [0.15, 0.2) is 0 Å². The van der Waals surface area contributed by atoms with Crippen molar-refractivity contribution in [3.05, 3.63) is 95.2 Å². The summed E-state index contributed by atoms with van der Waals surface area (Å²) in [6.07, 6.45) is 0.746. The summed E-state index contributed by atoms with van der Waals surface area (Å²) in [7, 11) is 3.79. The number of ether oxygens (including phenoxy) is 1. The summed E-state index contributed by atoms with van der Waals surface area (Å²) in [6, 6.07) is 24.8. The second kappa shape index (κ2) is 7.16. The van der Waals surface area contributed by atoms with Gasteiger partial charge in [-0.2, -0.15) is 0 Å². The van der Waals surface area contributed by atoms with E-state index >= 15 is 0 Å². The van der Waals surface area contributed by atoms with Crippen LogP contribution in [0.25, 0.3) is 10.9 Å². The van der Waals surface area contributed by atoms with Gasteiger partial charge in [-0.1, -0.05) is 42.5 Å². The summed E-state index contributed by atoms with van der Waals surface area (Å²) in [5.74, 6) is 0.976. The number of methoxy groups -OCH3 is 1. The van der Waals surface area contributed by atoms with Gasteiger partial charge >= 0.3 is 0 Å². The average molecular weight is 424 g/mol. The molecule has 160 valence electrons. The first-order valence-corrected chi connectivity index (χ1v) is 11.0. The Hall–Kier alpha value is -3.73. The second-order valence-corrected chi connectivity index (χ2v) is 8.57. The van der Waals surface area contributed by atoms with Crippen molar-refractivity contribution in [2.24, 2.45) is 0 Å². The molecule has 0 bridgehead atoms. The number of carbonyl (C=O) groups is 1. The topological polar surface area (TPSA) is 37.7 Å². The zero-order chi connectivity index (χ0) is 21.8. The number of hydrogen-bond acceptors (Lipinski definition) is 3. The summed E-state index contributed by atoms with van der Waals surface area (Å²) >= 11 is 0. The van der Waals surface area contributed by atoms with Crippen molar-refractivity contribution in [2.45, 2.75) is 19.1 Å². The van der Waals surface area contributed by atoms with Gasteiger partial charge in [-0.3, -0.25) is 4.79 Å². The number of anilines is 1. The van der Waals surface area contributed by atoms with E-state index in [9.17, 15) is 4.79 Å². The molecule has 1 amide bonds. The lowest BCUT2D eigenvalue weighted by atomic mass is 9.96. The van der Waals surface area contributed by atoms with Crippen LogP contribution in [0.5, 0.6) is 5.75 Å². The minimum atomic E-state index is -0.119. The van der Waals surface area contributed by atoms with Gasteiger partial charge in [0.1, 0.15) is 11.9 Å². The number of hydrogen-bond donors (Lipinski definition) is 0. The highest BCUT2D eigenvalue weighted by Crippen LogP contribution is 2.44. The molecular weight excluding hydrogens is 398 g/mol. The van der Waals surface area contributed by atoms with Crippen molar-refractivity contribution >= 4 is 22.5 Å². The molecule has 0 saturated heterocycles. The van der Waals surface area contributed by atoms with Gasteiger partial charge in [0.25, 0.3) is 5.91 Å². The van der Waals surface area contributed by atoms with E-state index in [4.69, 9.17) is 4.74 Å². The summed E-state index contributed by atoms with van der Waals surface area (Å²) in [4.78, 5) is 17.7. The standard InChI is InChI=1S/C27H25N3O2/c1-28-23-9-5-4-8-22(23)27(31)29-16-15-21-20-7-3-6-10-24(20)30(25(21)26(28)29)17-18-11-13-19(32-2)14-12-18/h3-14,26H,15-17H2,1-2H3/t26-/m0/s1. The summed E-state index contributed by atoms with van der Waals surface area (Å²) in [5.41, 5.74) is 6.78. The number of nitrogens with zero attached hydrogens (tertiary/aromatic N) is 3. The first-order chi connectivity index (χ1) is 15.7. The lowest BCUT2D eigenvalue weighted by Crippen LogP contribution is -2.51. The van der Waals surface area contributed by atoms with Crippen molar-refractivity contribution in [2.75, 3.05) is 25.6 Å².